The van der Waals surface area contributed by atoms with E-state index >= 15 is 0 Å². The molecule has 156 valence electrons. The van der Waals surface area contributed by atoms with E-state index in [1.807, 2.05) is 6.07 Å². The molecule has 5 rings (SSSR count). The fraction of sp³-hybridized carbons (Fsp3) is 0.400. The maximum Gasteiger partial charge on any atom is 0.254 e. The van der Waals surface area contributed by atoms with Crippen molar-refractivity contribution in [3.05, 3.63) is 71.7 Å². The number of H-pyrrole nitrogens is 1. The van der Waals surface area contributed by atoms with Crippen LogP contribution in [0.25, 0.3) is 10.9 Å². The van der Waals surface area contributed by atoms with E-state index in [1.54, 1.807) is 12.1 Å². The lowest BCUT2D eigenvalue weighted by molar-refractivity contribution is 0.0488. The van der Waals surface area contributed by atoms with Crippen LogP contribution in [-0.2, 0) is 6.42 Å². The lowest BCUT2D eigenvalue weighted by Gasteiger charge is -2.42. The maximum absolute atomic E-state index is 13.5. The second kappa shape index (κ2) is 7.88. The lowest BCUT2D eigenvalue weighted by Crippen LogP contribution is -2.51. The molecule has 30 heavy (non-hydrogen) atoms. The number of nitrogens with zero attached hydrogens (tertiary/aromatic N) is 2. The number of benzene rings is 2. The number of para-hydroxylation sites is 1. The first-order chi connectivity index (χ1) is 14.6. The van der Waals surface area contributed by atoms with Gasteiger partial charge in [-0.25, -0.2) is 4.39 Å². The number of carbonyl (C=O) groups excluding carboxylic acids is 1. The Balaban J connectivity index is 1.40. The molecular formula is C25H28FN3O. The summed E-state index contributed by atoms with van der Waals surface area (Å²) in [5.41, 5.74) is 2.93. The van der Waals surface area contributed by atoms with Crippen molar-refractivity contribution < 1.29 is 9.18 Å². The Bertz CT molecular complexity index is 1030. The minimum atomic E-state index is -0.311. The summed E-state index contributed by atoms with van der Waals surface area (Å²) in [7, 11) is 2.22. The Hall–Kier alpha value is -2.66. The Labute approximate surface area is 176 Å². The van der Waals surface area contributed by atoms with Crippen LogP contribution < -0.4 is 0 Å². The molecule has 0 radical (unpaired) electrons. The summed E-state index contributed by atoms with van der Waals surface area (Å²) < 4.78 is 13.4. The van der Waals surface area contributed by atoms with E-state index in [-0.39, 0.29) is 17.8 Å². The molecule has 2 unspecified atom stereocenters. The molecule has 2 aliphatic heterocycles. The van der Waals surface area contributed by atoms with Crippen molar-refractivity contribution in [3.63, 3.8) is 0 Å². The Morgan fingerprint density at radius 1 is 1.10 bits per heavy atom. The maximum atomic E-state index is 13.5. The van der Waals surface area contributed by atoms with Crippen LogP contribution in [0, 0.1) is 5.82 Å². The third-order valence-electron chi connectivity index (χ3n) is 7.16. The van der Waals surface area contributed by atoms with Crippen LogP contribution >= 0.6 is 0 Å². The number of hydrogen-bond donors (Lipinski definition) is 1. The van der Waals surface area contributed by atoms with E-state index in [2.05, 4.69) is 46.2 Å². The number of piperidine rings is 1. The largest absolute Gasteiger partial charge is 0.361 e. The number of nitrogens with one attached hydrogen (secondary N) is 1. The van der Waals surface area contributed by atoms with Crippen LogP contribution in [-0.4, -0.2) is 52.4 Å². The minimum Gasteiger partial charge on any atom is -0.361 e. The smallest absolute Gasteiger partial charge is 0.254 e. The summed E-state index contributed by atoms with van der Waals surface area (Å²) in [6, 6.07) is 15.6. The topological polar surface area (TPSA) is 39.3 Å². The van der Waals surface area contributed by atoms with Crippen LogP contribution in [0.5, 0.6) is 0 Å². The Morgan fingerprint density at radius 2 is 1.80 bits per heavy atom. The van der Waals surface area contributed by atoms with Gasteiger partial charge < -0.3 is 14.8 Å². The predicted octanol–water partition coefficient (Wildman–Crippen LogP) is 4.62. The summed E-state index contributed by atoms with van der Waals surface area (Å²) >= 11 is 0. The molecule has 2 saturated heterocycles. The zero-order valence-corrected chi connectivity index (χ0v) is 17.4. The van der Waals surface area contributed by atoms with Gasteiger partial charge in [0.2, 0.25) is 0 Å². The summed E-state index contributed by atoms with van der Waals surface area (Å²) in [6.07, 6.45) is 7.35. The van der Waals surface area contributed by atoms with Gasteiger partial charge in [0.15, 0.2) is 0 Å². The molecule has 2 bridgehead atoms. The number of fused-ring (bicyclic) bond motifs is 3. The zero-order valence-electron chi connectivity index (χ0n) is 17.4. The number of rotatable bonds is 5. The van der Waals surface area contributed by atoms with Crippen molar-refractivity contribution in [2.24, 2.45) is 0 Å². The fourth-order valence-corrected chi connectivity index (χ4v) is 5.42. The molecule has 2 atom stereocenters. The van der Waals surface area contributed by atoms with Crippen molar-refractivity contribution in [1.82, 2.24) is 14.8 Å². The minimum absolute atomic E-state index is 0.0174. The highest BCUT2D eigenvalue weighted by Gasteiger charge is 2.41. The van der Waals surface area contributed by atoms with Crippen molar-refractivity contribution in [2.75, 3.05) is 13.6 Å². The number of amides is 1. The second-order valence-electron chi connectivity index (χ2n) is 8.79. The van der Waals surface area contributed by atoms with Gasteiger partial charge in [-0.1, -0.05) is 18.2 Å². The molecule has 1 amide bonds. The average Bonchev–Trinajstić information content (AvgIpc) is 3.24. The van der Waals surface area contributed by atoms with Crippen molar-refractivity contribution >= 4 is 16.8 Å². The summed E-state index contributed by atoms with van der Waals surface area (Å²) in [5, 5.41) is 1.22. The third-order valence-corrected chi connectivity index (χ3v) is 7.16. The van der Waals surface area contributed by atoms with E-state index in [0.29, 0.717) is 24.2 Å². The fourth-order valence-electron chi connectivity index (χ4n) is 5.42. The number of aromatic nitrogens is 1. The van der Waals surface area contributed by atoms with Crippen LogP contribution in [0.4, 0.5) is 4.39 Å². The number of halogens is 1. The predicted molar refractivity (Wildman–Crippen MR) is 117 cm³/mol. The molecule has 2 aliphatic rings. The number of carbonyl (C=O) groups is 1. The van der Waals surface area contributed by atoms with Crippen molar-refractivity contribution in [3.8, 4) is 0 Å². The monoisotopic (exact) mass is 405 g/mol. The standard InChI is InChI=1S/C25H28FN3O/c1-28-20-10-11-21(28)15-22(14-20)29(25(30)17-6-8-19(26)9-7-17)13-12-18-16-27-24-5-3-2-4-23(18)24/h2-9,16,20-22,27H,10-15H2,1H3. The van der Waals surface area contributed by atoms with Gasteiger partial charge in [0.1, 0.15) is 5.82 Å². The SMILES string of the molecule is CN1C2CCC1CC(N(CCc1c[nH]c3ccccc13)C(=O)c1ccc(F)cc1)C2. The molecule has 4 nitrogen and oxygen atoms in total. The quantitative estimate of drug-likeness (QED) is 0.673. The lowest BCUT2D eigenvalue weighted by atomic mass is 9.95. The molecule has 1 N–H and O–H groups in total. The van der Waals surface area contributed by atoms with E-state index in [0.717, 1.165) is 24.8 Å². The third kappa shape index (κ3) is 3.52. The molecule has 0 aliphatic carbocycles. The van der Waals surface area contributed by atoms with Gasteiger partial charge in [0, 0.05) is 47.3 Å². The van der Waals surface area contributed by atoms with Crippen molar-refractivity contribution in [2.45, 2.75) is 50.2 Å². The van der Waals surface area contributed by atoms with E-state index in [9.17, 15) is 9.18 Å². The highest BCUT2D eigenvalue weighted by atomic mass is 19.1. The van der Waals surface area contributed by atoms with Gasteiger partial charge >= 0.3 is 0 Å². The van der Waals surface area contributed by atoms with Gasteiger partial charge in [-0.15, -0.1) is 0 Å². The second-order valence-corrected chi connectivity index (χ2v) is 8.79. The van der Waals surface area contributed by atoms with Crippen molar-refractivity contribution in [1.29, 1.82) is 0 Å². The van der Waals surface area contributed by atoms with Gasteiger partial charge in [0.25, 0.3) is 5.91 Å². The Kier molecular flexibility index (Phi) is 5.07. The normalized spacial score (nSPS) is 23.7. The molecule has 1 aromatic heterocycles. The molecule has 2 fully saturated rings. The molecule has 0 saturated carbocycles. The first kappa shape index (κ1) is 19.3. The highest BCUT2D eigenvalue weighted by molar-refractivity contribution is 5.94. The molecule has 3 heterocycles. The molecule has 0 spiro atoms. The summed E-state index contributed by atoms with van der Waals surface area (Å²) in [4.78, 5) is 21.4. The molecule has 3 aromatic rings. The number of hydrogen-bond acceptors (Lipinski definition) is 2. The molecule has 5 heteroatoms. The summed E-state index contributed by atoms with van der Waals surface area (Å²) in [6.45, 7) is 0.672. The van der Waals surface area contributed by atoms with Gasteiger partial charge in [0.05, 0.1) is 0 Å². The molecule has 2 aromatic carbocycles. The van der Waals surface area contributed by atoms with Gasteiger partial charge in [-0.05, 0) is 75.0 Å². The summed E-state index contributed by atoms with van der Waals surface area (Å²) in [5.74, 6) is -0.293. The van der Waals surface area contributed by atoms with Crippen LogP contribution in [0.1, 0.15) is 41.6 Å². The first-order valence-corrected chi connectivity index (χ1v) is 10.9. The van der Waals surface area contributed by atoms with E-state index < -0.39 is 0 Å². The van der Waals surface area contributed by atoms with Gasteiger partial charge in [-0.3, -0.25) is 4.79 Å². The Morgan fingerprint density at radius 3 is 2.53 bits per heavy atom. The zero-order chi connectivity index (χ0) is 20.7. The van der Waals surface area contributed by atoms with Gasteiger partial charge in [-0.2, -0.15) is 0 Å². The van der Waals surface area contributed by atoms with E-state index in [4.69, 9.17) is 0 Å². The van der Waals surface area contributed by atoms with Crippen LogP contribution in [0.15, 0.2) is 54.7 Å². The average molecular weight is 406 g/mol. The first-order valence-electron chi connectivity index (χ1n) is 10.9. The number of aromatic amines is 1. The van der Waals surface area contributed by atoms with E-state index in [1.165, 1.54) is 35.9 Å². The van der Waals surface area contributed by atoms with Crippen LogP contribution in [0.3, 0.4) is 0 Å². The molecular weight excluding hydrogens is 377 g/mol. The highest BCUT2D eigenvalue weighted by Crippen LogP contribution is 2.37. The van der Waals surface area contributed by atoms with Crippen LogP contribution in [0.2, 0.25) is 0 Å².